The molecule has 0 radical (unpaired) electrons. The zero-order valence-electron chi connectivity index (χ0n) is 21.4. The van der Waals surface area contributed by atoms with Crippen LogP contribution in [-0.4, -0.2) is 55.1 Å². The molecule has 0 saturated heterocycles. The molecule has 0 aromatic rings. The van der Waals surface area contributed by atoms with Gasteiger partial charge in [-0.2, -0.15) is 0 Å². The largest absolute Gasteiger partial charge is 0.385 e. The second-order valence-electron chi connectivity index (χ2n) is 9.50. The number of quaternary nitrogens is 1. The molecule has 3 heteroatoms. The third-order valence-corrected chi connectivity index (χ3v) is 7.06. The molecule has 0 spiro atoms. The highest BCUT2D eigenvalue weighted by atomic mass is 16.5. The van der Waals surface area contributed by atoms with Crippen LogP contribution in [0.3, 0.4) is 0 Å². The van der Waals surface area contributed by atoms with E-state index in [1.54, 1.807) is 0 Å². The van der Waals surface area contributed by atoms with Crippen molar-refractivity contribution in [1.29, 1.82) is 0 Å². The van der Waals surface area contributed by atoms with Gasteiger partial charge in [0.15, 0.2) is 0 Å². The maximum absolute atomic E-state index is 10.3. The molecule has 182 valence electrons. The van der Waals surface area contributed by atoms with Crippen LogP contribution >= 0.6 is 0 Å². The van der Waals surface area contributed by atoms with Crippen molar-refractivity contribution in [3.8, 4) is 0 Å². The van der Waals surface area contributed by atoms with Crippen LogP contribution in [-0.2, 0) is 4.74 Å². The summed E-state index contributed by atoms with van der Waals surface area (Å²) in [5.41, 5.74) is 0. The SMILES string of the molecule is CCCCCCCCCCCCCCCCCCOCC(O)C[N+](CC)(CC)CC. The van der Waals surface area contributed by atoms with Crippen LogP contribution in [0.15, 0.2) is 0 Å². The molecule has 0 amide bonds. The number of aliphatic hydroxyl groups is 1. The van der Waals surface area contributed by atoms with E-state index in [1.807, 2.05) is 0 Å². The predicted molar refractivity (Wildman–Crippen MR) is 133 cm³/mol. The zero-order valence-corrected chi connectivity index (χ0v) is 21.4. The number of aliphatic hydroxyl groups excluding tert-OH is 1. The molecule has 3 nitrogen and oxygen atoms in total. The Morgan fingerprint density at radius 2 is 0.933 bits per heavy atom. The summed E-state index contributed by atoms with van der Waals surface area (Å²) in [6.07, 6.45) is 22.0. The molecular formula is C27H58NO2+. The van der Waals surface area contributed by atoms with Gasteiger partial charge in [0.1, 0.15) is 12.6 Å². The van der Waals surface area contributed by atoms with Gasteiger partial charge in [-0.25, -0.2) is 0 Å². The Bertz CT molecular complexity index is 323. The van der Waals surface area contributed by atoms with Crippen LogP contribution in [0, 0.1) is 0 Å². The van der Waals surface area contributed by atoms with E-state index in [4.69, 9.17) is 4.74 Å². The minimum Gasteiger partial charge on any atom is -0.385 e. The van der Waals surface area contributed by atoms with Gasteiger partial charge >= 0.3 is 0 Å². The van der Waals surface area contributed by atoms with Crippen molar-refractivity contribution in [2.24, 2.45) is 0 Å². The summed E-state index contributed by atoms with van der Waals surface area (Å²) in [4.78, 5) is 0. The molecule has 0 saturated carbocycles. The van der Waals surface area contributed by atoms with Gasteiger partial charge in [-0.15, -0.1) is 0 Å². The highest BCUT2D eigenvalue weighted by molar-refractivity contribution is 4.55. The van der Waals surface area contributed by atoms with E-state index in [-0.39, 0.29) is 6.10 Å². The van der Waals surface area contributed by atoms with E-state index in [0.29, 0.717) is 6.61 Å². The van der Waals surface area contributed by atoms with Crippen LogP contribution in [0.4, 0.5) is 0 Å². The molecule has 30 heavy (non-hydrogen) atoms. The smallest absolute Gasteiger partial charge is 0.126 e. The van der Waals surface area contributed by atoms with Crippen LogP contribution < -0.4 is 0 Å². The number of rotatable bonds is 24. The molecule has 1 unspecified atom stereocenters. The van der Waals surface area contributed by atoms with Crippen LogP contribution in [0.2, 0.25) is 0 Å². The first-order chi connectivity index (χ1) is 14.6. The lowest BCUT2D eigenvalue weighted by molar-refractivity contribution is -0.926. The van der Waals surface area contributed by atoms with E-state index < -0.39 is 0 Å². The molecule has 0 heterocycles. The van der Waals surface area contributed by atoms with Gasteiger partial charge in [0.2, 0.25) is 0 Å². The van der Waals surface area contributed by atoms with Gasteiger partial charge in [0.25, 0.3) is 0 Å². The van der Waals surface area contributed by atoms with E-state index >= 15 is 0 Å². The fourth-order valence-electron chi connectivity index (χ4n) is 4.53. The fraction of sp³-hybridized carbons (Fsp3) is 1.00. The molecular weight excluding hydrogens is 370 g/mol. The summed E-state index contributed by atoms with van der Waals surface area (Å²) >= 11 is 0. The van der Waals surface area contributed by atoms with Crippen molar-refractivity contribution < 1.29 is 14.3 Å². The second-order valence-corrected chi connectivity index (χ2v) is 9.50. The molecule has 0 bridgehead atoms. The number of likely N-dealkylation sites (N-methyl/N-ethyl adjacent to an activating group) is 1. The van der Waals surface area contributed by atoms with Crippen molar-refractivity contribution >= 4 is 0 Å². The van der Waals surface area contributed by atoms with Crippen LogP contribution in [0.5, 0.6) is 0 Å². The lowest BCUT2D eigenvalue weighted by atomic mass is 10.0. The second kappa shape index (κ2) is 22.1. The zero-order chi connectivity index (χ0) is 22.3. The molecule has 0 aliphatic heterocycles. The summed E-state index contributed by atoms with van der Waals surface area (Å²) in [6.45, 7) is 14.3. The molecule has 0 aromatic heterocycles. The molecule has 1 atom stereocenters. The number of nitrogens with zero attached hydrogens (tertiary/aromatic N) is 1. The van der Waals surface area contributed by atoms with Crippen molar-refractivity contribution in [2.45, 2.75) is 137 Å². The average molecular weight is 429 g/mol. The minimum absolute atomic E-state index is 0.328. The summed E-state index contributed by atoms with van der Waals surface area (Å²) in [6, 6.07) is 0. The maximum Gasteiger partial charge on any atom is 0.126 e. The highest BCUT2D eigenvalue weighted by Crippen LogP contribution is 2.14. The third-order valence-electron chi connectivity index (χ3n) is 7.06. The molecule has 0 aliphatic rings. The minimum atomic E-state index is -0.328. The van der Waals surface area contributed by atoms with Gasteiger partial charge in [-0.3, -0.25) is 0 Å². The van der Waals surface area contributed by atoms with Crippen molar-refractivity contribution in [3.05, 3.63) is 0 Å². The van der Waals surface area contributed by atoms with Gasteiger partial charge in [-0.05, 0) is 27.2 Å². The first kappa shape index (κ1) is 29.9. The maximum atomic E-state index is 10.3. The number of unbranched alkanes of at least 4 members (excludes halogenated alkanes) is 15. The Morgan fingerprint density at radius 3 is 1.30 bits per heavy atom. The molecule has 0 aliphatic carbocycles. The number of hydrogen-bond acceptors (Lipinski definition) is 2. The van der Waals surface area contributed by atoms with Crippen molar-refractivity contribution in [1.82, 2.24) is 0 Å². The number of hydrogen-bond donors (Lipinski definition) is 1. The van der Waals surface area contributed by atoms with Gasteiger partial charge in [0.05, 0.1) is 26.2 Å². The number of ether oxygens (including phenoxy) is 1. The summed E-state index contributed by atoms with van der Waals surface area (Å²) in [5, 5.41) is 10.3. The van der Waals surface area contributed by atoms with Crippen molar-refractivity contribution in [2.75, 3.05) is 39.4 Å². The van der Waals surface area contributed by atoms with Crippen molar-refractivity contribution in [3.63, 3.8) is 0 Å². The van der Waals surface area contributed by atoms with Crippen LogP contribution in [0.1, 0.15) is 130 Å². The quantitative estimate of drug-likeness (QED) is 0.127. The monoisotopic (exact) mass is 428 g/mol. The molecule has 0 aromatic carbocycles. The predicted octanol–water partition coefficient (Wildman–Crippen LogP) is 7.50. The Kier molecular flexibility index (Phi) is 22.0. The molecule has 0 rings (SSSR count). The van der Waals surface area contributed by atoms with E-state index in [2.05, 4.69) is 27.7 Å². The van der Waals surface area contributed by atoms with Gasteiger partial charge in [-0.1, -0.05) is 103 Å². The highest BCUT2D eigenvalue weighted by Gasteiger charge is 2.24. The molecule has 0 fully saturated rings. The standard InChI is InChI=1S/C27H58NO2/c1-5-9-10-11-12-13-14-15-16-17-18-19-20-21-22-23-24-30-26-27(29)25-28(6-2,7-3)8-4/h27,29H,5-26H2,1-4H3/q+1. The van der Waals surface area contributed by atoms with E-state index in [0.717, 1.165) is 43.7 Å². The first-order valence-corrected chi connectivity index (χ1v) is 13.7. The van der Waals surface area contributed by atoms with E-state index in [9.17, 15) is 5.11 Å². The van der Waals surface area contributed by atoms with E-state index in [1.165, 1.54) is 96.3 Å². The summed E-state index contributed by atoms with van der Waals surface area (Å²) in [5.74, 6) is 0. The Labute approximate surface area is 190 Å². The first-order valence-electron chi connectivity index (χ1n) is 13.7. The normalized spacial score (nSPS) is 13.1. The Hall–Kier alpha value is -0.120. The summed E-state index contributed by atoms with van der Waals surface area (Å²) < 4.78 is 6.72. The van der Waals surface area contributed by atoms with Crippen LogP contribution in [0.25, 0.3) is 0 Å². The van der Waals surface area contributed by atoms with Gasteiger partial charge < -0.3 is 14.3 Å². The summed E-state index contributed by atoms with van der Waals surface area (Å²) in [7, 11) is 0. The van der Waals surface area contributed by atoms with Gasteiger partial charge in [0, 0.05) is 6.61 Å². The average Bonchev–Trinajstić information content (AvgIpc) is 2.76. The Balaban J connectivity index is 3.30. The Morgan fingerprint density at radius 1 is 0.567 bits per heavy atom. The lowest BCUT2D eigenvalue weighted by Gasteiger charge is -2.37. The third kappa shape index (κ3) is 17.5. The fourth-order valence-corrected chi connectivity index (χ4v) is 4.53. The molecule has 1 N–H and O–H groups in total. The lowest BCUT2D eigenvalue weighted by Crippen LogP contribution is -2.52. The topological polar surface area (TPSA) is 29.5 Å².